The first-order valence-corrected chi connectivity index (χ1v) is 5.93. The van der Waals surface area contributed by atoms with E-state index in [1.54, 1.807) is 0 Å². The molecule has 0 aliphatic rings. The Kier molecular flexibility index (Phi) is 3.50. The minimum absolute atomic E-state index is 0.135. The Hall–Kier alpha value is -1.32. The third-order valence-corrected chi connectivity index (χ3v) is 3.20. The number of aliphatic hydroxyl groups is 1. The largest absolute Gasteiger partial charge is 0.396 e. The van der Waals surface area contributed by atoms with Crippen LogP contribution in [0.2, 0.25) is 5.02 Å². The molecule has 0 aliphatic carbocycles. The first-order chi connectivity index (χ1) is 8.15. The lowest BCUT2D eigenvalue weighted by molar-refractivity contribution is 0.299. The molecular formula is C13H15ClN2O. The van der Waals surface area contributed by atoms with Gasteiger partial charge in [-0.25, -0.2) is 4.68 Å². The van der Waals surface area contributed by atoms with E-state index in [2.05, 4.69) is 5.10 Å². The molecule has 0 atom stereocenters. The number of halogens is 1. The van der Waals surface area contributed by atoms with Gasteiger partial charge in [-0.05, 0) is 38.0 Å². The van der Waals surface area contributed by atoms with Gasteiger partial charge in [0.05, 0.1) is 16.4 Å². The van der Waals surface area contributed by atoms with Crippen molar-refractivity contribution in [2.45, 2.75) is 20.3 Å². The van der Waals surface area contributed by atoms with Crippen molar-refractivity contribution >= 4 is 11.6 Å². The zero-order valence-electron chi connectivity index (χ0n) is 9.94. The zero-order valence-corrected chi connectivity index (χ0v) is 10.7. The van der Waals surface area contributed by atoms with Gasteiger partial charge >= 0.3 is 0 Å². The molecular weight excluding hydrogens is 236 g/mol. The Morgan fingerprint density at radius 1 is 1.29 bits per heavy atom. The van der Waals surface area contributed by atoms with Crippen molar-refractivity contribution in [3.8, 4) is 5.69 Å². The van der Waals surface area contributed by atoms with Gasteiger partial charge in [-0.15, -0.1) is 0 Å². The fourth-order valence-corrected chi connectivity index (χ4v) is 2.22. The molecule has 0 radical (unpaired) electrons. The van der Waals surface area contributed by atoms with Crippen LogP contribution in [-0.4, -0.2) is 21.5 Å². The van der Waals surface area contributed by atoms with Gasteiger partial charge in [-0.2, -0.15) is 5.10 Å². The van der Waals surface area contributed by atoms with Crippen molar-refractivity contribution in [2.75, 3.05) is 6.61 Å². The standard InChI is InChI=1S/C13H15ClN2O/c1-9-11(7-8-17)10(2)16(15-9)13-6-4-3-5-12(13)14/h3-6,17H,7-8H2,1-2H3. The fourth-order valence-electron chi connectivity index (χ4n) is 2.01. The Morgan fingerprint density at radius 2 is 2.00 bits per heavy atom. The molecule has 2 rings (SSSR count). The first-order valence-electron chi connectivity index (χ1n) is 5.56. The molecule has 0 unspecified atom stereocenters. The summed E-state index contributed by atoms with van der Waals surface area (Å²) in [5.41, 5.74) is 3.94. The van der Waals surface area contributed by atoms with E-state index in [1.165, 1.54) is 0 Å². The third kappa shape index (κ3) is 2.21. The molecule has 0 aliphatic heterocycles. The van der Waals surface area contributed by atoms with Gasteiger partial charge in [0.2, 0.25) is 0 Å². The van der Waals surface area contributed by atoms with Crippen LogP contribution in [0.4, 0.5) is 0 Å². The van der Waals surface area contributed by atoms with Gasteiger partial charge < -0.3 is 5.11 Å². The number of aromatic nitrogens is 2. The van der Waals surface area contributed by atoms with E-state index in [9.17, 15) is 0 Å². The summed E-state index contributed by atoms with van der Waals surface area (Å²) in [5.74, 6) is 0. The topological polar surface area (TPSA) is 38.0 Å². The van der Waals surface area contributed by atoms with Gasteiger partial charge in [0.25, 0.3) is 0 Å². The number of rotatable bonds is 3. The van der Waals surface area contributed by atoms with Crippen LogP contribution in [0.25, 0.3) is 5.69 Å². The molecule has 0 spiro atoms. The fraction of sp³-hybridized carbons (Fsp3) is 0.308. The number of aliphatic hydroxyl groups excluding tert-OH is 1. The molecule has 1 N–H and O–H groups in total. The van der Waals surface area contributed by atoms with Gasteiger partial charge in [-0.3, -0.25) is 0 Å². The Labute approximate surface area is 106 Å². The number of hydrogen-bond donors (Lipinski definition) is 1. The van der Waals surface area contributed by atoms with E-state index in [-0.39, 0.29) is 6.61 Å². The van der Waals surface area contributed by atoms with E-state index in [0.717, 1.165) is 22.6 Å². The highest BCUT2D eigenvalue weighted by Crippen LogP contribution is 2.23. The molecule has 1 heterocycles. The Balaban J connectivity index is 2.54. The minimum Gasteiger partial charge on any atom is -0.396 e. The summed E-state index contributed by atoms with van der Waals surface area (Å²) in [5, 5.41) is 14.2. The molecule has 3 nitrogen and oxygen atoms in total. The monoisotopic (exact) mass is 250 g/mol. The quantitative estimate of drug-likeness (QED) is 0.910. The van der Waals surface area contributed by atoms with Crippen molar-refractivity contribution in [3.05, 3.63) is 46.2 Å². The molecule has 90 valence electrons. The lowest BCUT2D eigenvalue weighted by Crippen LogP contribution is -2.00. The Morgan fingerprint density at radius 3 is 2.65 bits per heavy atom. The van der Waals surface area contributed by atoms with Crippen LogP contribution >= 0.6 is 11.6 Å². The minimum atomic E-state index is 0.135. The van der Waals surface area contributed by atoms with Crippen molar-refractivity contribution in [3.63, 3.8) is 0 Å². The maximum absolute atomic E-state index is 9.04. The summed E-state index contributed by atoms with van der Waals surface area (Å²) in [4.78, 5) is 0. The van der Waals surface area contributed by atoms with Crippen LogP contribution in [-0.2, 0) is 6.42 Å². The summed E-state index contributed by atoms with van der Waals surface area (Å²) < 4.78 is 1.84. The van der Waals surface area contributed by atoms with E-state index in [0.29, 0.717) is 11.4 Å². The summed E-state index contributed by atoms with van der Waals surface area (Å²) >= 11 is 6.16. The smallest absolute Gasteiger partial charge is 0.0835 e. The molecule has 0 fully saturated rings. The van der Waals surface area contributed by atoms with Crippen molar-refractivity contribution in [1.82, 2.24) is 9.78 Å². The molecule has 4 heteroatoms. The maximum Gasteiger partial charge on any atom is 0.0835 e. The average Bonchev–Trinajstić information content (AvgIpc) is 2.58. The molecule has 17 heavy (non-hydrogen) atoms. The summed E-state index contributed by atoms with van der Waals surface area (Å²) in [6.07, 6.45) is 0.627. The molecule has 0 bridgehead atoms. The van der Waals surface area contributed by atoms with Crippen LogP contribution in [0.15, 0.2) is 24.3 Å². The number of aryl methyl sites for hydroxylation is 1. The number of para-hydroxylation sites is 1. The Bertz CT molecular complexity index is 534. The highest BCUT2D eigenvalue weighted by molar-refractivity contribution is 6.32. The summed E-state index contributed by atoms with van der Waals surface area (Å²) in [6.45, 7) is 4.08. The van der Waals surface area contributed by atoms with Crippen LogP contribution in [0, 0.1) is 13.8 Å². The number of hydrogen-bond acceptors (Lipinski definition) is 2. The van der Waals surface area contributed by atoms with Gasteiger partial charge in [-0.1, -0.05) is 23.7 Å². The van der Waals surface area contributed by atoms with Crippen molar-refractivity contribution in [1.29, 1.82) is 0 Å². The average molecular weight is 251 g/mol. The second kappa shape index (κ2) is 4.90. The molecule has 1 aromatic heterocycles. The molecule has 0 saturated heterocycles. The normalized spacial score (nSPS) is 10.8. The second-order valence-electron chi connectivity index (χ2n) is 3.99. The lowest BCUT2D eigenvalue weighted by Gasteiger charge is -2.06. The van der Waals surface area contributed by atoms with Crippen LogP contribution < -0.4 is 0 Å². The van der Waals surface area contributed by atoms with Crippen LogP contribution in [0.1, 0.15) is 17.0 Å². The highest BCUT2D eigenvalue weighted by Gasteiger charge is 2.13. The second-order valence-corrected chi connectivity index (χ2v) is 4.39. The van der Waals surface area contributed by atoms with Crippen molar-refractivity contribution < 1.29 is 5.11 Å². The van der Waals surface area contributed by atoms with E-state index in [4.69, 9.17) is 16.7 Å². The predicted octanol–water partition coefficient (Wildman–Crippen LogP) is 2.68. The highest BCUT2D eigenvalue weighted by atomic mass is 35.5. The first kappa shape index (κ1) is 12.1. The van der Waals surface area contributed by atoms with Crippen LogP contribution in [0.3, 0.4) is 0 Å². The van der Waals surface area contributed by atoms with Gasteiger partial charge in [0.1, 0.15) is 0 Å². The molecule has 0 amide bonds. The van der Waals surface area contributed by atoms with Crippen LogP contribution in [0.5, 0.6) is 0 Å². The summed E-state index contributed by atoms with van der Waals surface area (Å²) in [7, 11) is 0. The van der Waals surface area contributed by atoms with E-state index < -0.39 is 0 Å². The molecule has 2 aromatic rings. The lowest BCUT2D eigenvalue weighted by atomic mass is 10.1. The van der Waals surface area contributed by atoms with E-state index >= 15 is 0 Å². The third-order valence-electron chi connectivity index (χ3n) is 2.88. The van der Waals surface area contributed by atoms with Gasteiger partial charge in [0, 0.05) is 12.3 Å². The molecule has 1 aromatic carbocycles. The molecule has 0 saturated carbocycles. The van der Waals surface area contributed by atoms with E-state index in [1.807, 2.05) is 42.8 Å². The predicted molar refractivity (Wildman–Crippen MR) is 68.8 cm³/mol. The SMILES string of the molecule is Cc1nn(-c2ccccc2Cl)c(C)c1CCO. The zero-order chi connectivity index (χ0) is 12.4. The number of nitrogens with zero attached hydrogens (tertiary/aromatic N) is 2. The van der Waals surface area contributed by atoms with Crippen molar-refractivity contribution in [2.24, 2.45) is 0 Å². The van der Waals surface area contributed by atoms with Gasteiger partial charge in [0.15, 0.2) is 0 Å². The summed E-state index contributed by atoms with van der Waals surface area (Å²) in [6, 6.07) is 7.61. The maximum atomic E-state index is 9.04. The number of benzene rings is 1.